The van der Waals surface area contributed by atoms with Crippen LogP contribution in [0, 0.1) is 0 Å². The highest BCUT2D eigenvalue weighted by atomic mass is 16.5. The lowest BCUT2D eigenvalue weighted by atomic mass is 10.1. The molecule has 112 valence electrons. The molecule has 0 aliphatic carbocycles. The number of anilines is 1. The Labute approximate surface area is 122 Å². The molecule has 0 spiro atoms. The third kappa shape index (κ3) is 3.93. The highest BCUT2D eigenvalue weighted by Crippen LogP contribution is 2.20. The molecule has 1 fully saturated rings. The fraction of sp³-hybridized carbons (Fsp3) is 0.688. The zero-order valence-electron chi connectivity index (χ0n) is 12.8. The summed E-state index contributed by atoms with van der Waals surface area (Å²) >= 11 is 0. The second-order valence-electron chi connectivity index (χ2n) is 5.45. The SMILES string of the molecule is CCCc1cc(CN)cc(N(CC)CC2CCCO2)n1. The molecular formula is C16H27N3O. The molecule has 1 aliphatic rings. The molecule has 2 heterocycles. The molecule has 1 saturated heterocycles. The molecule has 2 N–H and O–H groups in total. The van der Waals surface area contributed by atoms with E-state index in [0.29, 0.717) is 12.6 Å². The van der Waals surface area contributed by atoms with Gasteiger partial charge in [0.1, 0.15) is 5.82 Å². The van der Waals surface area contributed by atoms with Crippen molar-refractivity contribution in [2.45, 2.75) is 52.2 Å². The normalized spacial score (nSPS) is 18.4. The molecular weight excluding hydrogens is 250 g/mol. The summed E-state index contributed by atoms with van der Waals surface area (Å²) in [5, 5.41) is 0. The fourth-order valence-electron chi connectivity index (χ4n) is 2.72. The lowest BCUT2D eigenvalue weighted by Crippen LogP contribution is -2.33. The minimum absolute atomic E-state index is 0.355. The van der Waals surface area contributed by atoms with Crippen LogP contribution in [0.15, 0.2) is 12.1 Å². The standard InChI is InChI=1S/C16H27N3O/c1-3-6-14-9-13(11-17)10-16(18-14)19(4-2)12-15-7-5-8-20-15/h9-10,15H,3-8,11-12,17H2,1-2H3. The van der Waals surface area contributed by atoms with E-state index in [4.69, 9.17) is 15.5 Å². The maximum atomic E-state index is 5.82. The topological polar surface area (TPSA) is 51.4 Å². The minimum atomic E-state index is 0.355. The third-order valence-electron chi connectivity index (χ3n) is 3.82. The molecule has 0 saturated carbocycles. The van der Waals surface area contributed by atoms with Gasteiger partial charge >= 0.3 is 0 Å². The Morgan fingerprint density at radius 1 is 1.40 bits per heavy atom. The van der Waals surface area contributed by atoms with E-state index in [9.17, 15) is 0 Å². The van der Waals surface area contributed by atoms with E-state index in [2.05, 4.69) is 30.9 Å². The number of aromatic nitrogens is 1. The van der Waals surface area contributed by atoms with Gasteiger partial charge in [-0.1, -0.05) is 13.3 Å². The first kappa shape index (κ1) is 15.3. The lowest BCUT2D eigenvalue weighted by molar-refractivity contribution is 0.115. The summed E-state index contributed by atoms with van der Waals surface area (Å²) in [7, 11) is 0. The van der Waals surface area contributed by atoms with E-state index >= 15 is 0 Å². The van der Waals surface area contributed by atoms with Gasteiger partial charge in [0.05, 0.1) is 6.10 Å². The van der Waals surface area contributed by atoms with Gasteiger partial charge in [-0.3, -0.25) is 0 Å². The molecule has 0 aromatic carbocycles. The Kier molecular flexibility index (Phi) is 5.80. The molecule has 20 heavy (non-hydrogen) atoms. The fourth-order valence-corrected chi connectivity index (χ4v) is 2.72. The average molecular weight is 277 g/mol. The van der Waals surface area contributed by atoms with Gasteiger partial charge in [-0.05, 0) is 43.9 Å². The smallest absolute Gasteiger partial charge is 0.129 e. The van der Waals surface area contributed by atoms with Gasteiger partial charge in [0.15, 0.2) is 0 Å². The first-order valence-corrected chi connectivity index (χ1v) is 7.83. The van der Waals surface area contributed by atoms with Gasteiger partial charge in [0.2, 0.25) is 0 Å². The number of hydrogen-bond donors (Lipinski definition) is 1. The van der Waals surface area contributed by atoms with Gasteiger partial charge in [-0.15, -0.1) is 0 Å². The molecule has 4 nitrogen and oxygen atoms in total. The largest absolute Gasteiger partial charge is 0.376 e. The van der Waals surface area contributed by atoms with E-state index < -0.39 is 0 Å². The summed E-state index contributed by atoms with van der Waals surface area (Å²) in [6.07, 6.45) is 4.82. The minimum Gasteiger partial charge on any atom is -0.376 e. The van der Waals surface area contributed by atoms with Crippen LogP contribution in [0.4, 0.5) is 5.82 Å². The molecule has 1 unspecified atom stereocenters. The molecule has 4 heteroatoms. The van der Waals surface area contributed by atoms with E-state index in [0.717, 1.165) is 50.5 Å². The molecule has 0 amide bonds. The summed E-state index contributed by atoms with van der Waals surface area (Å²) in [4.78, 5) is 7.11. The van der Waals surface area contributed by atoms with Gasteiger partial charge in [0, 0.05) is 31.9 Å². The number of pyridine rings is 1. The maximum absolute atomic E-state index is 5.82. The predicted octanol–water partition coefficient (Wildman–Crippen LogP) is 2.50. The highest BCUT2D eigenvalue weighted by Gasteiger charge is 2.19. The Morgan fingerprint density at radius 2 is 2.25 bits per heavy atom. The van der Waals surface area contributed by atoms with Crippen molar-refractivity contribution in [1.82, 2.24) is 4.98 Å². The van der Waals surface area contributed by atoms with Crippen LogP contribution >= 0.6 is 0 Å². The Balaban J connectivity index is 2.15. The average Bonchev–Trinajstić information content (AvgIpc) is 2.97. The van der Waals surface area contributed by atoms with E-state index in [1.807, 2.05) is 0 Å². The number of rotatable bonds is 7. The summed E-state index contributed by atoms with van der Waals surface area (Å²) in [6.45, 7) is 7.71. The van der Waals surface area contributed by atoms with Crippen molar-refractivity contribution in [1.29, 1.82) is 0 Å². The van der Waals surface area contributed by atoms with Crippen molar-refractivity contribution >= 4 is 5.82 Å². The molecule has 2 rings (SSSR count). The zero-order chi connectivity index (χ0) is 14.4. The summed E-state index contributed by atoms with van der Waals surface area (Å²) in [6, 6.07) is 4.25. The van der Waals surface area contributed by atoms with Crippen molar-refractivity contribution in [2.75, 3.05) is 24.6 Å². The lowest BCUT2D eigenvalue weighted by Gasteiger charge is -2.26. The number of hydrogen-bond acceptors (Lipinski definition) is 4. The van der Waals surface area contributed by atoms with Crippen LogP contribution in [0.1, 0.15) is 44.4 Å². The second kappa shape index (κ2) is 7.60. The van der Waals surface area contributed by atoms with E-state index in [-0.39, 0.29) is 0 Å². The Bertz CT molecular complexity index is 416. The molecule has 1 aromatic heterocycles. The third-order valence-corrected chi connectivity index (χ3v) is 3.82. The van der Waals surface area contributed by atoms with Crippen LogP contribution in [0.3, 0.4) is 0 Å². The van der Waals surface area contributed by atoms with Crippen molar-refractivity contribution in [3.8, 4) is 0 Å². The van der Waals surface area contributed by atoms with Crippen molar-refractivity contribution in [2.24, 2.45) is 5.73 Å². The summed E-state index contributed by atoms with van der Waals surface area (Å²) in [5.74, 6) is 1.05. The van der Waals surface area contributed by atoms with Gasteiger partial charge in [0.25, 0.3) is 0 Å². The first-order valence-electron chi connectivity index (χ1n) is 7.83. The molecule has 0 radical (unpaired) electrons. The number of ether oxygens (including phenoxy) is 1. The van der Waals surface area contributed by atoms with Gasteiger partial charge < -0.3 is 15.4 Å². The van der Waals surface area contributed by atoms with Crippen molar-refractivity contribution in [3.63, 3.8) is 0 Å². The quantitative estimate of drug-likeness (QED) is 0.832. The predicted molar refractivity (Wildman–Crippen MR) is 83.0 cm³/mol. The van der Waals surface area contributed by atoms with Crippen LogP contribution < -0.4 is 10.6 Å². The number of likely N-dealkylation sites (N-methyl/N-ethyl adjacent to an activating group) is 1. The van der Waals surface area contributed by atoms with E-state index in [1.54, 1.807) is 0 Å². The van der Waals surface area contributed by atoms with Gasteiger partial charge in [-0.2, -0.15) is 0 Å². The zero-order valence-corrected chi connectivity index (χ0v) is 12.8. The molecule has 1 atom stereocenters. The second-order valence-corrected chi connectivity index (χ2v) is 5.45. The summed E-state index contributed by atoms with van der Waals surface area (Å²) < 4.78 is 5.75. The van der Waals surface area contributed by atoms with Crippen LogP contribution in [-0.4, -0.2) is 30.8 Å². The molecule has 1 aliphatic heterocycles. The van der Waals surface area contributed by atoms with E-state index in [1.165, 1.54) is 12.0 Å². The Morgan fingerprint density at radius 3 is 2.85 bits per heavy atom. The van der Waals surface area contributed by atoms with Crippen LogP contribution in [-0.2, 0) is 17.7 Å². The number of aryl methyl sites for hydroxylation is 1. The van der Waals surface area contributed by atoms with Crippen LogP contribution in [0.25, 0.3) is 0 Å². The van der Waals surface area contributed by atoms with Crippen molar-refractivity contribution < 1.29 is 4.74 Å². The molecule has 1 aromatic rings. The van der Waals surface area contributed by atoms with Crippen LogP contribution in [0.5, 0.6) is 0 Å². The summed E-state index contributed by atoms with van der Waals surface area (Å²) in [5.41, 5.74) is 8.14. The monoisotopic (exact) mass is 277 g/mol. The first-order chi connectivity index (χ1) is 9.76. The van der Waals surface area contributed by atoms with Crippen molar-refractivity contribution in [3.05, 3.63) is 23.4 Å². The molecule has 0 bridgehead atoms. The number of nitrogens with zero attached hydrogens (tertiary/aromatic N) is 2. The highest BCUT2D eigenvalue weighted by molar-refractivity contribution is 5.43. The van der Waals surface area contributed by atoms with Crippen LogP contribution in [0.2, 0.25) is 0 Å². The number of nitrogens with two attached hydrogens (primary N) is 1. The van der Waals surface area contributed by atoms with Gasteiger partial charge in [-0.25, -0.2) is 4.98 Å². The maximum Gasteiger partial charge on any atom is 0.129 e. The Hall–Kier alpha value is -1.13.